The number of rotatable bonds is 3. The molecule has 0 fully saturated rings. The largest absolute Gasteiger partial charge is 0.466 e. The molecule has 1 aliphatic rings. The molecule has 0 saturated carbocycles. The van der Waals surface area contributed by atoms with Crippen LogP contribution in [0.15, 0.2) is 35.5 Å². The lowest BCUT2D eigenvalue weighted by molar-refractivity contribution is -0.136. The van der Waals surface area contributed by atoms with Crippen LogP contribution in [0, 0.1) is 5.82 Å². The zero-order valence-electron chi connectivity index (χ0n) is 11.2. The number of allylic oxidation sites excluding steroid dienone is 1. The summed E-state index contributed by atoms with van der Waals surface area (Å²) in [6.07, 6.45) is 0.462. The van der Waals surface area contributed by atoms with Crippen LogP contribution in [-0.4, -0.2) is 19.1 Å². The number of amides is 2. The van der Waals surface area contributed by atoms with Gasteiger partial charge in [-0.25, -0.2) is 14.0 Å². The van der Waals surface area contributed by atoms with Crippen LogP contribution in [0.2, 0.25) is 0 Å². The van der Waals surface area contributed by atoms with Crippen molar-refractivity contribution in [2.45, 2.75) is 19.4 Å². The second-order valence-electron chi connectivity index (χ2n) is 4.32. The summed E-state index contributed by atoms with van der Waals surface area (Å²) in [5.74, 6) is -0.985. The molecular weight excluding hydrogens is 263 g/mol. The Hall–Kier alpha value is -2.37. The Labute approximate surface area is 115 Å². The molecule has 0 spiro atoms. The number of carbonyl (C=O) groups excluding carboxylic acids is 2. The molecule has 1 aromatic rings. The van der Waals surface area contributed by atoms with Gasteiger partial charge in [0.2, 0.25) is 0 Å². The molecule has 0 saturated heterocycles. The molecule has 2 amide bonds. The van der Waals surface area contributed by atoms with Crippen LogP contribution in [0.5, 0.6) is 0 Å². The van der Waals surface area contributed by atoms with E-state index >= 15 is 0 Å². The number of esters is 1. The van der Waals surface area contributed by atoms with Crippen LogP contribution < -0.4 is 10.6 Å². The number of nitrogens with one attached hydrogen (secondary N) is 2. The van der Waals surface area contributed by atoms with Crippen molar-refractivity contribution < 1.29 is 18.7 Å². The molecule has 5 nitrogen and oxygen atoms in total. The number of halogens is 1. The Morgan fingerprint density at radius 2 is 2.20 bits per heavy atom. The predicted molar refractivity (Wildman–Crippen MR) is 70.1 cm³/mol. The fourth-order valence-corrected chi connectivity index (χ4v) is 2.18. The number of urea groups is 1. The molecule has 1 atom stereocenters. The minimum Gasteiger partial charge on any atom is -0.466 e. The Morgan fingerprint density at radius 3 is 2.80 bits per heavy atom. The molecule has 0 aromatic heterocycles. The van der Waals surface area contributed by atoms with Crippen LogP contribution in [0.1, 0.15) is 24.9 Å². The smallest absolute Gasteiger partial charge is 0.337 e. The predicted octanol–water partition coefficient (Wildman–Crippen LogP) is 2.02. The van der Waals surface area contributed by atoms with E-state index in [1.54, 1.807) is 6.07 Å². The van der Waals surface area contributed by atoms with Gasteiger partial charge in [0.15, 0.2) is 0 Å². The van der Waals surface area contributed by atoms with E-state index in [4.69, 9.17) is 4.74 Å². The van der Waals surface area contributed by atoms with E-state index in [0.717, 1.165) is 0 Å². The molecule has 1 unspecified atom stereocenters. The minimum absolute atomic E-state index is 0.292. The third kappa shape index (κ3) is 2.64. The van der Waals surface area contributed by atoms with Gasteiger partial charge in [0.1, 0.15) is 5.82 Å². The van der Waals surface area contributed by atoms with E-state index in [-0.39, 0.29) is 0 Å². The van der Waals surface area contributed by atoms with Crippen molar-refractivity contribution in [1.82, 2.24) is 10.6 Å². The van der Waals surface area contributed by atoms with E-state index in [9.17, 15) is 14.0 Å². The summed E-state index contributed by atoms with van der Waals surface area (Å²) in [6, 6.07) is 4.61. The van der Waals surface area contributed by atoms with Gasteiger partial charge in [0.05, 0.1) is 18.7 Å². The third-order valence-corrected chi connectivity index (χ3v) is 3.09. The molecule has 0 aliphatic carbocycles. The average molecular weight is 278 g/mol. The molecule has 20 heavy (non-hydrogen) atoms. The molecular formula is C14H15FN2O3. The Kier molecular flexibility index (Phi) is 4.02. The van der Waals surface area contributed by atoms with Gasteiger partial charge in [-0.2, -0.15) is 0 Å². The number of hydrogen-bond donors (Lipinski definition) is 2. The Balaban J connectivity index is 2.53. The first-order valence-corrected chi connectivity index (χ1v) is 6.21. The van der Waals surface area contributed by atoms with Gasteiger partial charge >= 0.3 is 12.0 Å². The van der Waals surface area contributed by atoms with Crippen molar-refractivity contribution in [2.75, 3.05) is 7.11 Å². The van der Waals surface area contributed by atoms with Gasteiger partial charge < -0.3 is 15.4 Å². The zero-order chi connectivity index (χ0) is 14.7. The fraction of sp³-hybridized carbons (Fsp3) is 0.286. The van der Waals surface area contributed by atoms with Crippen LogP contribution >= 0.6 is 0 Å². The number of methoxy groups -OCH3 is 1. The minimum atomic E-state index is -0.721. The molecule has 1 aromatic carbocycles. The van der Waals surface area contributed by atoms with Crippen molar-refractivity contribution in [2.24, 2.45) is 0 Å². The van der Waals surface area contributed by atoms with E-state index in [0.29, 0.717) is 23.3 Å². The highest BCUT2D eigenvalue weighted by Gasteiger charge is 2.32. The molecule has 6 heteroatoms. The van der Waals surface area contributed by atoms with Crippen molar-refractivity contribution in [3.05, 3.63) is 46.9 Å². The molecule has 0 bridgehead atoms. The average Bonchev–Trinajstić information content (AvgIpc) is 2.45. The quantitative estimate of drug-likeness (QED) is 0.831. The SMILES string of the molecule is CCC1=C(C(=O)OC)C(c2cccc(F)c2)NC(=O)N1. The van der Waals surface area contributed by atoms with Crippen molar-refractivity contribution in [3.63, 3.8) is 0 Å². The van der Waals surface area contributed by atoms with Crippen LogP contribution in [0.3, 0.4) is 0 Å². The normalized spacial score (nSPS) is 18.4. The number of benzene rings is 1. The maximum atomic E-state index is 13.3. The molecule has 2 N–H and O–H groups in total. The maximum absolute atomic E-state index is 13.3. The second kappa shape index (κ2) is 5.73. The third-order valence-electron chi connectivity index (χ3n) is 3.09. The number of ether oxygens (including phenoxy) is 1. The number of carbonyl (C=O) groups is 2. The van der Waals surface area contributed by atoms with Crippen molar-refractivity contribution in [1.29, 1.82) is 0 Å². The molecule has 1 heterocycles. The number of hydrogen-bond acceptors (Lipinski definition) is 3. The Bertz CT molecular complexity index is 584. The van der Waals surface area contributed by atoms with Gasteiger partial charge in [-0.15, -0.1) is 0 Å². The van der Waals surface area contributed by atoms with E-state index < -0.39 is 23.9 Å². The highest BCUT2D eigenvalue weighted by atomic mass is 19.1. The first kappa shape index (κ1) is 14.0. The van der Waals surface area contributed by atoms with Crippen LogP contribution in [-0.2, 0) is 9.53 Å². The lowest BCUT2D eigenvalue weighted by Gasteiger charge is -2.28. The second-order valence-corrected chi connectivity index (χ2v) is 4.32. The summed E-state index contributed by atoms with van der Waals surface area (Å²) in [4.78, 5) is 23.6. The van der Waals surface area contributed by atoms with Gasteiger partial charge in [-0.1, -0.05) is 19.1 Å². The fourth-order valence-electron chi connectivity index (χ4n) is 2.18. The van der Waals surface area contributed by atoms with E-state index in [1.165, 1.54) is 25.3 Å². The van der Waals surface area contributed by atoms with Crippen LogP contribution in [0.4, 0.5) is 9.18 Å². The van der Waals surface area contributed by atoms with Gasteiger partial charge in [-0.05, 0) is 24.1 Å². The lowest BCUT2D eigenvalue weighted by Crippen LogP contribution is -2.45. The summed E-state index contributed by atoms with van der Waals surface area (Å²) in [7, 11) is 1.27. The summed E-state index contributed by atoms with van der Waals surface area (Å²) in [5, 5.41) is 5.19. The van der Waals surface area contributed by atoms with Crippen molar-refractivity contribution >= 4 is 12.0 Å². The Morgan fingerprint density at radius 1 is 1.45 bits per heavy atom. The summed E-state index contributed by atoms with van der Waals surface area (Å²) in [6.45, 7) is 1.81. The maximum Gasteiger partial charge on any atom is 0.337 e. The standard InChI is InChI=1S/C14H15FN2O3/c1-3-10-11(13(18)20-2)12(17-14(19)16-10)8-5-4-6-9(15)7-8/h4-7,12H,3H2,1-2H3,(H2,16,17,19). The first-order chi connectivity index (χ1) is 9.56. The highest BCUT2D eigenvalue weighted by molar-refractivity contribution is 5.95. The topological polar surface area (TPSA) is 67.4 Å². The van der Waals surface area contributed by atoms with Gasteiger partial charge in [-0.3, -0.25) is 0 Å². The van der Waals surface area contributed by atoms with Gasteiger partial charge in [0.25, 0.3) is 0 Å². The highest BCUT2D eigenvalue weighted by Crippen LogP contribution is 2.28. The molecule has 0 radical (unpaired) electrons. The van der Waals surface area contributed by atoms with Crippen LogP contribution in [0.25, 0.3) is 0 Å². The summed E-state index contributed by atoms with van der Waals surface area (Å²) in [5.41, 5.74) is 1.27. The van der Waals surface area contributed by atoms with E-state index in [1.807, 2.05) is 6.92 Å². The van der Waals surface area contributed by atoms with Crippen molar-refractivity contribution in [3.8, 4) is 0 Å². The van der Waals surface area contributed by atoms with Gasteiger partial charge in [0, 0.05) is 5.70 Å². The molecule has 1 aliphatic heterocycles. The molecule has 2 rings (SSSR count). The summed E-state index contributed by atoms with van der Waals surface area (Å²) < 4.78 is 18.1. The lowest BCUT2D eigenvalue weighted by atomic mass is 9.94. The first-order valence-electron chi connectivity index (χ1n) is 6.21. The monoisotopic (exact) mass is 278 g/mol. The zero-order valence-corrected chi connectivity index (χ0v) is 11.2. The van der Waals surface area contributed by atoms with E-state index in [2.05, 4.69) is 10.6 Å². The molecule has 106 valence electrons. The summed E-state index contributed by atoms with van der Waals surface area (Å²) >= 11 is 0.